The first-order valence-corrected chi connectivity index (χ1v) is 11.1. The lowest BCUT2D eigenvalue weighted by molar-refractivity contribution is -0.130. The van der Waals surface area contributed by atoms with Gasteiger partial charge in [0, 0.05) is 31.6 Å². The second-order valence-electron chi connectivity index (χ2n) is 9.69. The zero-order valence-electron chi connectivity index (χ0n) is 17.5. The van der Waals surface area contributed by atoms with E-state index in [4.69, 9.17) is 0 Å². The minimum absolute atomic E-state index is 0.158. The van der Waals surface area contributed by atoms with Crippen LogP contribution in [0.25, 0.3) is 0 Å². The van der Waals surface area contributed by atoms with E-state index in [0.29, 0.717) is 29.3 Å². The number of nitrogens with zero attached hydrogens (tertiary/aromatic N) is 1. The van der Waals surface area contributed by atoms with Crippen molar-refractivity contribution in [2.75, 3.05) is 19.0 Å². The van der Waals surface area contributed by atoms with Crippen LogP contribution in [0.4, 0.5) is 5.69 Å². The summed E-state index contributed by atoms with van der Waals surface area (Å²) >= 11 is 0. The van der Waals surface area contributed by atoms with Crippen molar-refractivity contribution in [2.45, 2.75) is 50.9 Å². The number of aryl methyl sites for hydroxylation is 1. The molecule has 3 heteroatoms. The Morgan fingerprint density at radius 3 is 2.59 bits per heavy atom. The van der Waals surface area contributed by atoms with E-state index in [2.05, 4.69) is 49.3 Å². The molecule has 2 aromatic rings. The number of aromatic hydroxyl groups is 1. The van der Waals surface area contributed by atoms with Crippen molar-refractivity contribution in [2.24, 2.45) is 17.3 Å². The van der Waals surface area contributed by atoms with E-state index in [1.54, 1.807) is 0 Å². The van der Waals surface area contributed by atoms with Gasteiger partial charge in [0.15, 0.2) is 0 Å². The van der Waals surface area contributed by atoms with Crippen molar-refractivity contribution in [3.8, 4) is 5.75 Å². The van der Waals surface area contributed by atoms with Gasteiger partial charge in [0.1, 0.15) is 11.5 Å². The quantitative estimate of drug-likeness (QED) is 0.793. The summed E-state index contributed by atoms with van der Waals surface area (Å²) in [5, 5.41) is 9.88. The standard InChI is InChI=1S/C26H31NO2/c1-27(2)19-6-3-17(4-7-19)16-26-14-13-22-21-10-8-20(28)15-18(21)5-9-23(22)24(26)11-12-25(26)29/h3-4,6-8,10,15,22-24,28H,5,9,11-14,16H2,1-2H3/t22-,23-,24+,26-/m1/s1. The third kappa shape index (κ3) is 2.97. The molecule has 1 N–H and O–H groups in total. The van der Waals surface area contributed by atoms with Crippen LogP contribution in [-0.2, 0) is 17.6 Å². The fourth-order valence-electron chi connectivity index (χ4n) is 6.75. The van der Waals surface area contributed by atoms with E-state index < -0.39 is 0 Å². The third-order valence-corrected chi connectivity index (χ3v) is 8.13. The first-order chi connectivity index (χ1) is 14.0. The fourth-order valence-corrected chi connectivity index (χ4v) is 6.75. The molecule has 0 saturated heterocycles. The molecule has 2 fully saturated rings. The van der Waals surface area contributed by atoms with E-state index in [1.807, 2.05) is 12.1 Å². The number of phenols is 1. The first kappa shape index (κ1) is 18.7. The van der Waals surface area contributed by atoms with Crippen molar-refractivity contribution in [3.05, 3.63) is 59.2 Å². The number of fused-ring (bicyclic) bond motifs is 5. The minimum Gasteiger partial charge on any atom is -0.508 e. The van der Waals surface area contributed by atoms with Gasteiger partial charge in [-0.2, -0.15) is 0 Å². The molecule has 0 spiro atoms. The maximum atomic E-state index is 13.2. The van der Waals surface area contributed by atoms with Gasteiger partial charge >= 0.3 is 0 Å². The van der Waals surface area contributed by atoms with Gasteiger partial charge < -0.3 is 10.0 Å². The molecule has 0 aliphatic heterocycles. The lowest BCUT2D eigenvalue weighted by Gasteiger charge is -2.50. The predicted octanol–water partition coefficient (Wildman–Crippen LogP) is 5.11. The molecule has 4 atom stereocenters. The number of hydrogen-bond acceptors (Lipinski definition) is 3. The maximum Gasteiger partial charge on any atom is 0.139 e. The highest BCUT2D eigenvalue weighted by atomic mass is 16.3. The Morgan fingerprint density at radius 1 is 1.03 bits per heavy atom. The molecule has 152 valence electrons. The Morgan fingerprint density at radius 2 is 1.83 bits per heavy atom. The van der Waals surface area contributed by atoms with Crippen molar-refractivity contribution in [1.82, 2.24) is 0 Å². The zero-order chi connectivity index (χ0) is 20.2. The molecular weight excluding hydrogens is 358 g/mol. The van der Waals surface area contributed by atoms with Gasteiger partial charge in [0.2, 0.25) is 0 Å². The molecule has 2 aromatic carbocycles. The van der Waals surface area contributed by atoms with Crippen LogP contribution in [0.3, 0.4) is 0 Å². The van der Waals surface area contributed by atoms with Crippen LogP contribution in [0.1, 0.15) is 54.7 Å². The van der Waals surface area contributed by atoms with Gasteiger partial charge in [-0.05, 0) is 97.2 Å². The molecule has 0 radical (unpaired) electrons. The van der Waals surface area contributed by atoms with E-state index in [-0.39, 0.29) is 5.41 Å². The van der Waals surface area contributed by atoms with Crippen LogP contribution in [0.5, 0.6) is 5.75 Å². The predicted molar refractivity (Wildman–Crippen MR) is 117 cm³/mol. The van der Waals surface area contributed by atoms with Crippen molar-refractivity contribution in [1.29, 1.82) is 0 Å². The molecule has 0 unspecified atom stereocenters. The number of ketones is 1. The second kappa shape index (κ2) is 6.90. The number of anilines is 1. The Labute approximate surface area is 173 Å². The SMILES string of the molecule is CN(C)c1ccc(C[C@]23CC[C@@H]4c5ccc(O)cc5CC[C@H]4[C@@H]2CCC3=O)cc1. The van der Waals surface area contributed by atoms with Gasteiger partial charge in [-0.1, -0.05) is 18.2 Å². The molecule has 0 amide bonds. The number of carbonyl (C=O) groups excluding carboxylic acids is 1. The van der Waals surface area contributed by atoms with Crippen LogP contribution >= 0.6 is 0 Å². The number of carbonyl (C=O) groups is 1. The van der Waals surface area contributed by atoms with Gasteiger partial charge in [0.05, 0.1) is 0 Å². The Hall–Kier alpha value is -2.29. The van der Waals surface area contributed by atoms with Gasteiger partial charge in [0.25, 0.3) is 0 Å². The molecular formula is C26H31NO2. The zero-order valence-corrected chi connectivity index (χ0v) is 17.5. The maximum absolute atomic E-state index is 13.2. The summed E-state index contributed by atoms with van der Waals surface area (Å²) in [4.78, 5) is 15.4. The molecule has 0 heterocycles. The summed E-state index contributed by atoms with van der Waals surface area (Å²) in [5.41, 5.74) is 5.10. The van der Waals surface area contributed by atoms with Gasteiger partial charge in [-0.15, -0.1) is 0 Å². The first-order valence-electron chi connectivity index (χ1n) is 11.1. The van der Waals surface area contributed by atoms with E-state index >= 15 is 0 Å². The molecule has 0 bridgehead atoms. The molecule has 3 nitrogen and oxygen atoms in total. The smallest absolute Gasteiger partial charge is 0.139 e. The summed E-state index contributed by atoms with van der Waals surface area (Å²) < 4.78 is 0. The molecule has 2 saturated carbocycles. The largest absolute Gasteiger partial charge is 0.508 e. The monoisotopic (exact) mass is 389 g/mol. The van der Waals surface area contributed by atoms with Crippen molar-refractivity contribution in [3.63, 3.8) is 0 Å². The molecule has 5 rings (SSSR count). The van der Waals surface area contributed by atoms with Crippen LogP contribution in [0.15, 0.2) is 42.5 Å². The van der Waals surface area contributed by atoms with Crippen LogP contribution < -0.4 is 4.90 Å². The second-order valence-corrected chi connectivity index (χ2v) is 9.69. The van der Waals surface area contributed by atoms with E-state index in [9.17, 15) is 9.90 Å². The van der Waals surface area contributed by atoms with Crippen LogP contribution in [0.2, 0.25) is 0 Å². The number of benzene rings is 2. The fraction of sp³-hybridized carbons (Fsp3) is 0.500. The molecule has 29 heavy (non-hydrogen) atoms. The Bertz CT molecular complexity index is 932. The number of hydrogen-bond donors (Lipinski definition) is 1. The summed E-state index contributed by atoms with van der Waals surface area (Å²) in [6, 6.07) is 14.7. The molecule has 3 aliphatic carbocycles. The topological polar surface area (TPSA) is 40.5 Å². The normalized spacial score (nSPS) is 30.4. The van der Waals surface area contributed by atoms with Crippen molar-refractivity contribution < 1.29 is 9.90 Å². The Balaban J connectivity index is 1.45. The van der Waals surface area contributed by atoms with Gasteiger partial charge in [-0.25, -0.2) is 0 Å². The van der Waals surface area contributed by atoms with Crippen LogP contribution in [-0.4, -0.2) is 25.0 Å². The van der Waals surface area contributed by atoms with E-state index in [0.717, 1.165) is 44.9 Å². The summed E-state index contributed by atoms with van der Waals surface area (Å²) in [6.45, 7) is 0. The van der Waals surface area contributed by atoms with Gasteiger partial charge in [-0.3, -0.25) is 4.79 Å². The number of Topliss-reactive ketones (excluding diaryl/α,β-unsaturated/α-hetero) is 1. The highest BCUT2D eigenvalue weighted by Crippen LogP contribution is 2.60. The summed E-state index contributed by atoms with van der Waals surface area (Å²) in [6.07, 6.45) is 7.00. The summed E-state index contributed by atoms with van der Waals surface area (Å²) in [5.74, 6) is 2.55. The minimum atomic E-state index is -0.158. The molecule has 0 aromatic heterocycles. The average Bonchev–Trinajstić information content (AvgIpc) is 3.04. The lowest BCUT2D eigenvalue weighted by atomic mass is 9.53. The third-order valence-electron chi connectivity index (χ3n) is 8.13. The van der Waals surface area contributed by atoms with E-state index in [1.165, 1.54) is 22.4 Å². The van der Waals surface area contributed by atoms with Crippen LogP contribution in [0, 0.1) is 17.3 Å². The highest BCUT2D eigenvalue weighted by Gasteiger charge is 2.56. The average molecular weight is 390 g/mol. The highest BCUT2D eigenvalue weighted by molar-refractivity contribution is 5.88. The Kier molecular flexibility index (Phi) is 4.45. The number of rotatable bonds is 3. The lowest BCUT2D eigenvalue weighted by Crippen LogP contribution is -2.45. The van der Waals surface area contributed by atoms with Crippen molar-refractivity contribution >= 4 is 11.5 Å². The molecule has 3 aliphatic rings. The number of phenolic OH excluding ortho intramolecular Hbond substituents is 1. The summed E-state index contributed by atoms with van der Waals surface area (Å²) in [7, 11) is 4.12.